The zero-order valence-electron chi connectivity index (χ0n) is 8.84. The molecule has 0 aliphatic heterocycles. The van der Waals surface area contributed by atoms with Crippen LogP contribution >= 0.6 is 0 Å². The first kappa shape index (κ1) is 12.4. The first-order valence-corrected chi connectivity index (χ1v) is 4.81. The van der Waals surface area contributed by atoms with E-state index in [0.29, 0.717) is 5.92 Å². The molecule has 1 atom stereocenters. The quantitative estimate of drug-likeness (QED) is 0.608. The molecule has 1 N–H and O–H groups in total. The van der Waals surface area contributed by atoms with Gasteiger partial charge in [0.2, 0.25) is 0 Å². The topological polar surface area (TPSA) is 45.0 Å². The minimum atomic E-state index is 0.127. The summed E-state index contributed by atoms with van der Waals surface area (Å²) in [4.78, 5) is 0. The van der Waals surface area contributed by atoms with Gasteiger partial charge in [-0.25, -0.2) is 0 Å². The number of hydrogen-bond acceptors (Lipinski definition) is 3. The molecule has 0 aromatic carbocycles. The van der Waals surface area contributed by atoms with Gasteiger partial charge in [-0.3, -0.25) is 0 Å². The van der Waals surface area contributed by atoms with Crippen molar-refractivity contribution < 1.29 is 4.74 Å². The second-order valence-corrected chi connectivity index (χ2v) is 3.53. The van der Waals surface area contributed by atoms with Crippen molar-refractivity contribution in [3.05, 3.63) is 0 Å². The van der Waals surface area contributed by atoms with Crippen molar-refractivity contribution in [3.63, 3.8) is 0 Å². The van der Waals surface area contributed by atoms with Gasteiger partial charge in [0.15, 0.2) is 0 Å². The van der Waals surface area contributed by atoms with Crippen LogP contribution in [0.2, 0.25) is 0 Å². The van der Waals surface area contributed by atoms with Crippen molar-refractivity contribution in [2.45, 2.75) is 20.3 Å². The van der Waals surface area contributed by atoms with Crippen LogP contribution in [0.25, 0.3) is 0 Å². The van der Waals surface area contributed by atoms with Crippen molar-refractivity contribution in [1.82, 2.24) is 5.32 Å². The molecule has 0 amide bonds. The summed E-state index contributed by atoms with van der Waals surface area (Å²) in [5, 5.41) is 12.0. The van der Waals surface area contributed by atoms with E-state index in [1.807, 2.05) is 0 Å². The number of nitriles is 1. The molecule has 0 aromatic heterocycles. The van der Waals surface area contributed by atoms with Crippen molar-refractivity contribution in [2.24, 2.45) is 11.8 Å². The SMILES string of the molecule is COCCCNCC(C#N)C(C)C. The van der Waals surface area contributed by atoms with E-state index < -0.39 is 0 Å². The predicted octanol–water partition coefficient (Wildman–Crippen LogP) is 1.41. The Bertz CT molecular complexity index is 151. The molecule has 3 heteroatoms. The molecule has 1 unspecified atom stereocenters. The molecule has 0 radical (unpaired) electrons. The van der Waals surface area contributed by atoms with Gasteiger partial charge in [0.05, 0.1) is 12.0 Å². The largest absolute Gasteiger partial charge is 0.385 e. The maximum absolute atomic E-state index is 8.78. The lowest BCUT2D eigenvalue weighted by molar-refractivity contribution is 0.194. The van der Waals surface area contributed by atoms with Gasteiger partial charge in [-0.05, 0) is 18.9 Å². The van der Waals surface area contributed by atoms with Crippen LogP contribution in [0.5, 0.6) is 0 Å². The number of nitrogens with one attached hydrogen (secondary N) is 1. The first-order chi connectivity index (χ1) is 6.22. The summed E-state index contributed by atoms with van der Waals surface area (Å²) in [6, 6.07) is 2.30. The van der Waals surface area contributed by atoms with Crippen LogP contribution in [0.4, 0.5) is 0 Å². The summed E-state index contributed by atoms with van der Waals surface area (Å²) in [5.41, 5.74) is 0. The molecule has 0 heterocycles. The average molecular weight is 184 g/mol. The fraction of sp³-hybridized carbons (Fsp3) is 0.900. The fourth-order valence-corrected chi connectivity index (χ4v) is 1.03. The molecule has 0 aliphatic carbocycles. The second kappa shape index (κ2) is 8.03. The van der Waals surface area contributed by atoms with Gasteiger partial charge >= 0.3 is 0 Å². The van der Waals surface area contributed by atoms with Gasteiger partial charge in [-0.1, -0.05) is 13.8 Å². The lowest BCUT2D eigenvalue weighted by Gasteiger charge is -2.13. The molecule has 13 heavy (non-hydrogen) atoms. The highest BCUT2D eigenvalue weighted by molar-refractivity contribution is 4.86. The minimum Gasteiger partial charge on any atom is -0.385 e. The Morgan fingerprint density at radius 1 is 1.46 bits per heavy atom. The van der Waals surface area contributed by atoms with E-state index in [1.54, 1.807) is 7.11 Å². The Kier molecular flexibility index (Phi) is 7.66. The Balaban J connectivity index is 3.35. The van der Waals surface area contributed by atoms with Crippen LogP contribution in [0.3, 0.4) is 0 Å². The van der Waals surface area contributed by atoms with E-state index >= 15 is 0 Å². The maximum Gasteiger partial charge on any atom is 0.0671 e. The van der Waals surface area contributed by atoms with Crippen molar-refractivity contribution in [3.8, 4) is 6.07 Å². The Morgan fingerprint density at radius 3 is 2.62 bits per heavy atom. The Hall–Kier alpha value is -0.590. The van der Waals surface area contributed by atoms with Crippen LogP contribution in [-0.4, -0.2) is 26.8 Å². The fourth-order valence-electron chi connectivity index (χ4n) is 1.03. The lowest BCUT2D eigenvalue weighted by Crippen LogP contribution is -2.26. The molecular weight excluding hydrogens is 164 g/mol. The third-order valence-electron chi connectivity index (χ3n) is 2.04. The van der Waals surface area contributed by atoms with Gasteiger partial charge in [0.25, 0.3) is 0 Å². The van der Waals surface area contributed by atoms with E-state index in [4.69, 9.17) is 10.00 Å². The summed E-state index contributed by atoms with van der Waals surface area (Å²) in [7, 11) is 1.70. The number of rotatable bonds is 7. The van der Waals surface area contributed by atoms with Crippen molar-refractivity contribution >= 4 is 0 Å². The third kappa shape index (κ3) is 6.56. The molecule has 0 aliphatic rings. The molecule has 0 rings (SSSR count). The summed E-state index contributed by atoms with van der Waals surface area (Å²) in [6.45, 7) is 6.65. The van der Waals surface area contributed by atoms with Gasteiger partial charge in [-0.2, -0.15) is 5.26 Å². The highest BCUT2D eigenvalue weighted by atomic mass is 16.5. The normalized spacial score (nSPS) is 12.8. The Labute approximate surface area is 81.1 Å². The van der Waals surface area contributed by atoms with Crippen molar-refractivity contribution in [2.75, 3.05) is 26.8 Å². The highest BCUT2D eigenvalue weighted by Gasteiger charge is 2.10. The van der Waals surface area contributed by atoms with Gasteiger partial charge < -0.3 is 10.1 Å². The maximum atomic E-state index is 8.78. The lowest BCUT2D eigenvalue weighted by atomic mass is 9.98. The van der Waals surface area contributed by atoms with Crippen LogP contribution in [0.15, 0.2) is 0 Å². The van der Waals surface area contributed by atoms with Gasteiger partial charge in [0.1, 0.15) is 0 Å². The van der Waals surface area contributed by atoms with Crippen LogP contribution in [0.1, 0.15) is 20.3 Å². The van der Waals surface area contributed by atoms with E-state index in [-0.39, 0.29) is 5.92 Å². The molecule has 0 fully saturated rings. The standard InChI is InChI=1S/C10H20N2O/c1-9(2)10(7-11)8-12-5-4-6-13-3/h9-10,12H,4-6,8H2,1-3H3. The first-order valence-electron chi connectivity index (χ1n) is 4.81. The molecule has 0 saturated heterocycles. The average Bonchev–Trinajstić information content (AvgIpc) is 2.10. The molecule has 3 nitrogen and oxygen atoms in total. The van der Waals surface area contributed by atoms with Crippen molar-refractivity contribution in [1.29, 1.82) is 5.26 Å². The van der Waals surface area contributed by atoms with Gasteiger partial charge in [0, 0.05) is 20.3 Å². The van der Waals surface area contributed by atoms with Crippen LogP contribution < -0.4 is 5.32 Å². The van der Waals surface area contributed by atoms with E-state index in [9.17, 15) is 0 Å². The van der Waals surface area contributed by atoms with Crippen LogP contribution in [-0.2, 0) is 4.74 Å². The summed E-state index contributed by atoms with van der Waals surface area (Å²) in [6.07, 6.45) is 1.01. The second-order valence-electron chi connectivity index (χ2n) is 3.53. The number of nitrogens with zero attached hydrogens (tertiary/aromatic N) is 1. The summed E-state index contributed by atoms with van der Waals surface area (Å²) in [5.74, 6) is 0.558. The molecule has 0 saturated carbocycles. The third-order valence-corrected chi connectivity index (χ3v) is 2.04. The molecule has 0 spiro atoms. The zero-order valence-corrected chi connectivity index (χ0v) is 8.84. The van der Waals surface area contributed by atoms with E-state index in [0.717, 1.165) is 26.1 Å². The van der Waals surface area contributed by atoms with E-state index in [1.165, 1.54) is 0 Å². The molecule has 0 aromatic rings. The smallest absolute Gasteiger partial charge is 0.0671 e. The van der Waals surface area contributed by atoms with Gasteiger partial charge in [-0.15, -0.1) is 0 Å². The minimum absolute atomic E-state index is 0.127. The number of hydrogen-bond donors (Lipinski definition) is 1. The Morgan fingerprint density at radius 2 is 2.15 bits per heavy atom. The molecular formula is C10H20N2O. The molecule has 76 valence electrons. The number of methoxy groups -OCH3 is 1. The predicted molar refractivity (Wildman–Crippen MR) is 53.3 cm³/mol. The van der Waals surface area contributed by atoms with E-state index in [2.05, 4.69) is 25.2 Å². The highest BCUT2D eigenvalue weighted by Crippen LogP contribution is 2.07. The number of ether oxygens (including phenoxy) is 1. The summed E-state index contributed by atoms with van der Waals surface area (Å²) >= 11 is 0. The monoisotopic (exact) mass is 184 g/mol. The summed E-state index contributed by atoms with van der Waals surface area (Å²) < 4.78 is 4.92. The zero-order chi connectivity index (χ0) is 10.1. The molecule has 0 bridgehead atoms. The van der Waals surface area contributed by atoms with Crippen LogP contribution in [0, 0.1) is 23.2 Å².